The van der Waals surface area contributed by atoms with Gasteiger partial charge in [-0.25, -0.2) is 4.98 Å². The number of carbonyl (C=O) groups is 1. The minimum absolute atomic E-state index is 0.0777. The van der Waals surface area contributed by atoms with Gasteiger partial charge in [0.25, 0.3) is 5.91 Å². The van der Waals surface area contributed by atoms with Crippen LogP contribution in [0.5, 0.6) is 5.88 Å². The van der Waals surface area contributed by atoms with Gasteiger partial charge in [-0.1, -0.05) is 13.0 Å². The molecule has 0 unspecified atom stereocenters. The first-order chi connectivity index (χ1) is 11.3. The zero-order valence-corrected chi connectivity index (χ0v) is 13.8. The second-order valence-corrected chi connectivity index (χ2v) is 6.42. The maximum absolute atomic E-state index is 12.4. The van der Waals surface area contributed by atoms with Crippen molar-refractivity contribution in [1.82, 2.24) is 10.3 Å². The van der Waals surface area contributed by atoms with Gasteiger partial charge in [-0.2, -0.15) is 0 Å². The molecule has 0 radical (unpaired) electrons. The van der Waals surface area contributed by atoms with Crippen LogP contribution in [-0.2, 0) is 11.2 Å². The molecule has 2 atom stereocenters. The molecule has 6 heteroatoms. The first-order valence-corrected chi connectivity index (χ1v) is 8.68. The van der Waals surface area contributed by atoms with E-state index in [0.29, 0.717) is 24.7 Å². The summed E-state index contributed by atoms with van der Waals surface area (Å²) in [6.45, 7) is 3.16. The largest absolute Gasteiger partial charge is 0.472 e. The van der Waals surface area contributed by atoms with Crippen LogP contribution in [0.25, 0.3) is 0 Å². The van der Waals surface area contributed by atoms with Crippen LogP contribution in [0.3, 0.4) is 0 Å². The van der Waals surface area contributed by atoms with Crippen molar-refractivity contribution in [2.75, 3.05) is 13.2 Å². The summed E-state index contributed by atoms with van der Waals surface area (Å²) in [5.41, 5.74) is 0.703. The van der Waals surface area contributed by atoms with Crippen molar-refractivity contribution in [2.24, 2.45) is 0 Å². The van der Waals surface area contributed by atoms with Gasteiger partial charge in [0, 0.05) is 28.9 Å². The molecule has 1 saturated heterocycles. The standard InChI is InChI=1S/C17H20N2O3S/c1-2-13-9-12(11-23-13)17(20)19-14-10-21-8-6-15(14)22-16-5-3-4-7-18-16/h3-5,7,9,11,14-15H,2,6,8,10H2,1H3,(H,19,20)/t14-,15-/m1/s1. The van der Waals surface area contributed by atoms with Crippen LogP contribution in [-0.4, -0.2) is 36.3 Å². The summed E-state index contributed by atoms with van der Waals surface area (Å²) in [5.74, 6) is 0.494. The number of hydrogen-bond acceptors (Lipinski definition) is 5. The third-order valence-corrected chi connectivity index (χ3v) is 4.86. The van der Waals surface area contributed by atoms with E-state index in [2.05, 4.69) is 17.2 Å². The topological polar surface area (TPSA) is 60.5 Å². The van der Waals surface area contributed by atoms with E-state index in [-0.39, 0.29) is 18.1 Å². The number of amides is 1. The summed E-state index contributed by atoms with van der Waals surface area (Å²) in [7, 11) is 0. The predicted molar refractivity (Wildman–Crippen MR) is 89.0 cm³/mol. The highest BCUT2D eigenvalue weighted by Crippen LogP contribution is 2.18. The second kappa shape index (κ2) is 7.57. The molecule has 122 valence electrons. The summed E-state index contributed by atoms with van der Waals surface area (Å²) < 4.78 is 11.4. The van der Waals surface area contributed by atoms with Gasteiger partial charge in [-0.15, -0.1) is 11.3 Å². The average Bonchev–Trinajstić information content (AvgIpc) is 3.07. The molecular weight excluding hydrogens is 312 g/mol. The number of carbonyl (C=O) groups excluding carboxylic acids is 1. The zero-order chi connectivity index (χ0) is 16.1. The summed E-state index contributed by atoms with van der Waals surface area (Å²) in [5, 5.41) is 4.93. The highest BCUT2D eigenvalue weighted by molar-refractivity contribution is 7.10. The van der Waals surface area contributed by atoms with E-state index in [1.165, 1.54) is 4.88 Å². The smallest absolute Gasteiger partial charge is 0.252 e. The molecule has 0 bridgehead atoms. The summed E-state index contributed by atoms with van der Waals surface area (Å²) in [4.78, 5) is 17.8. The van der Waals surface area contributed by atoms with E-state index in [9.17, 15) is 4.79 Å². The van der Waals surface area contributed by atoms with Crippen molar-refractivity contribution >= 4 is 17.2 Å². The van der Waals surface area contributed by atoms with E-state index >= 15 is 0 Å². The van der Waals surface area contributed by atoms with Crippen molar-refractivity contribution in [1.29, 1.82) is 0 Å². The molecule has 3 rings (SSSR count). The van der Waals surface area contributed by atoms with Gasteiger partial charge in [-0.3, -0.25) is 4.79 Å². The molecule has 1 amide bonds. The fourth-order valence-electron chi connectivity index (χ4n) is 2.50. The van der Waals surface area contributed by atoms with Crippen LogP contribution < -0.4 is 10.1 Å². The average molecular weight is 332 g/mol. The van der Waals surface area contributed by atoms with Crippen LogP contribution in [0.1, 0.15) is 28.6 Å². The minimum atomic E-state index is -0.178. The lowest BCUT2D eigenvalue weighted by atomic mass is 10.1. The SMILES string of the molecule is CCc1cc(C(=O)N[C@@H]2COCC[C@H]2Oc2ccccn2)cs1. The lowest BCUT2D eigenvalue weighted by Gasteiger charge is -2.31. The Kier molecular flexibility index (Phi) is 5.25. The number of nitrogens with one attached hydrogen (secondary N) is 1. The van der Waals surface area contributed by atoms with Crippen LogP contribution in [0.2, 0.25) is 0 Å². The number of aryl methyl sites for hydroxylation is 1. The van der Waals surface area contributed by atoms with Gasteiger partial charge in [0.15, 0.2) is 0 Å². The number of rotatable bonds is 5. The highest BCUT2D eigenvalue weighted by atomic mass is 32.1. The van der Waals surface area contributed by atoms with Gasteiger partial charge in [0.2, 0.25) is 5.88 Å². The number of ether oxygens (including phenoxy) is 2. The lowest BCUT2D eigenvalue weighted by molar-refractivity contribution is -0.00447. The summed E-state index contributed by atoms with van der Waals surface area (Å²) in [6, 6.07) is 7.31. The van der Waals surface area contributed by atoms with E-state index in [4.69, 9.17) is 9.47 Å². The lowest BCUT2D eigenvalue weighted by Crippen LogP contribution is -2.51. The molecule has 1 fully saturated rings. The first-order valence-electron chi connectivity index (χ1n) is 7.80. The molecule has 1 N–H and O–H groups in total. The molecule has 23 heavy (non-hydrogen) atoms. The molecule has 1 aliphatic rings. The number of hydrogen-bond donors (Lipinski definition) is 1. The number of thiophene rings is 1. The highest BCUT2D eigenvalue weighted by Gasteiger charge is 2.29. The summed E-state index contributed by atoms with van der Waals surface area (Å²) in [6.07, 6.45) is 3.23. The fraction of sp³-hybridized carbons (Fsp3) is 0.412. The van der Waals surface area contributed by atoms with Crippen molar-refractivity contribution in [2.45, 2.75) is 31.9 Å². The molecule has 2 aromatic rings. The van der Waals surface area contributed by atoms with Gasteiger partial charge < -0.3 is 14.8 Å². The normalized spacial score (nSPS) is 20.9. The van der Waals surface area contributed by atoms with E-state index in [1.54, 1.807) is 17.5 Å². The Bertz CT molecular complexity index is 644. The van der Waals surface area contributed by atoms with Gasteiger partial charge in [-0.05, 0) is 18.6 Å². The van der Waals surface area contributed by atoms with E-state index in [1.807, 2.05) is 29.6 Å². The third kappa shape index (κ3) is 4.09. The Morgan fingerprint density at radius 2 is 2.43 bits per heavy atom. The van der Waals surface area contributed by atoms with Crippen LogP contribution in [0.4, 0.5) is 0 Å². The zero-order valence-electron chi connectivity index (χ0n) is 13.0. The Labute approximate surface area is 139 Å². The van der Waals surface area contributed by atoms with Crippen molar-refractivity contribution in [3.63, 3.8) is 0 Å². The molecule has 0 spiro atoms. The number of aromatic nitrogens is 1. The number of nitrogens with zero attached hydrogens (tertiary/aromatic N) is 1. The van der Waals surface area contributed by atoms with Crippen molar-refractivity contribution < 1.29 is 14.3 Å². The second-order valence-electron chi connectivity index (χ2n) is 5.42. The molecular formula is C17H20N2O3S. The van der Waals surface area contributed by atoms with Gasteiger partial charge in [0.05, 0.1) is 24.8 Å². The molecule has 3 heterocycles. The monoisotopic (exact) mass is 332 g/mol. The minimum Gasteiger partial charge on any atom is -0.472 e. The molecule has 0 aromatic carbocycles. The number of pyridine rings is 1. The van der Waals surface area contributed by atoms with Crippen LogP contribution in [0.15, 0.2) is 35.8 Å². The predicted octanol–water partition coefficient (Wildman–Crippen LogP) is 2.67. The Morgan fingerprint density at radius 1 is 1.52 bits per heavy atom. The molecule has 0 aliphatic carbocycles. The maximum Gasteiger partial charge on any atom is 0.252 e. The molecule has 0 saturated carbocycles. The van der Waals surface area contributed by atoms with E-state index in [0.717, 1.165) is 12.8 Å². The Balaban J connectivity index is 1.65. The first kappa shape index (κ1) is 16.0. The third-order valence-electron chi connectivity index (χ3n) is 3.78. The van der Waals surface area contributed by atoms with Crippen LogP contribution in [0, 0.1) is 0 Å². The van der Waals surface area contributed by atoms with Crippen molar-refractivity contribution in [3.8, 4) is 5.88 Å². The molecule has 1 aliphatic heterocycles. The molecule has 2 aromatic heterocycles. The van der Waals surface area contributed by atoms with Crippen LogP contribution >= 0.6 is 11.3 Å². The van der Waals surface area contributed by atoms with Gasteiger partial charge >= 0.3 is 0 Å². The van der Waals surface area contributed by atoms with E-state index < -0.39 is 0 Å². The summed E-state index contributed by atoms with van der Waals surface area (Å²) >= 11 is 1.61. The molecule has 5 nitrogen and oxygen atoms in total. The van der Waals surface area contributed by atoms with Gasteiger partial charge in [0.1, 0.15) is 6.10 Å². The maximum atomic E-state index is 12.4. The fourth-order valence-corrected chi connectivity index (χ4v) is 3.32. The Hall–Kier alpha value is -1.92. The Morgan fingerprint density at radius 3 is 3.17 bits per heavy atom. The quantitative estimate of drug-likeness (QED) is 0.914. The van der Waals surface area contributed by atoms with Crippen molar-refractivity contribution in [3.05, 3.63) is 46.3 Å².